The maximum absolute atomic E-state index is 12.8. The van der Waals surface area contributed by atoms with Gasteiger partial charge in [0.2, 0.25) is 11.8 Å². The number of hydrogen-bond acceptors (Lipinski definition) is 4. The summed E-state index contributed by atoms with van der Waals surface area (Å²) in [4.78, 5) is 30.4. The van der Waals surface area contributed by atoms with Gasteiger partial charge in [0.15, 0.2) is 0 Å². The van der Waals surface area contributed by atoms with Gasteiger partial charge in [0.1, 0.15) is 0 Å². The predicted octanol–water partition coefficient (Wildman–Crippen LogP) is 1.20. The zero-order valence-corrected chi connectivity index (χ0v) is 15.7. The number of nitrogens with zero attached hydrogens (tertiary/aromatic N) is 3. The van der Waals surface area contributed by atoms with E-state index in [-0.39, 0.29) is 23.3 Å². The highest BCUT2D eigenvalue weighted by Gasteiger charge is 2.39. The summed E-state index contributed by atoms with van der Waals surface area (Å²) in [6, 6.07) is 0. The Morgan fingerprint density at radius 2 is 1.67 bits per heavy atom. The smallest absolute Gasteiger partial charge is 0.225 e. The maximum atomic E-state index is 12.8. The van der Waals surface area contributed by atoms with Crippen molar-refractivity contribution in [3.8, 4) is 0 Å². The van der Waals surface area contributed by atoms with Crippen LogP contribution in [0.1, 0.15) is 39.0 Å². The average Bonchev–Trinajstić information content (AvgIpc) is 2.59. The van der Waals surface area contributed by atoms with E-state index >= 15 is 0 Å². The highest BCUT2D eigenvalue weighted by atomic mass is 16.5. The van der Waals surface area contributed by atoms with Crippen molar-refractivity contribution < 1.29 is 14.3 Å². The first-order valence-electron chi connectivity index (χ1n) is 9.10. The molecule has 2 saturated heterocycles. The molecule has 6 heteroatoms. The fourth-order valence-electron chi connectivity index (χ4n) is 4.06. The number of likely N-dealkylation sites (tertiary alicyclic amines) is 2. The average molecular weight is 339 g/mol. The van der Waals surface area contributed by atoms with Crippen molar-refractivity contribution in [3.63, 3.8) is 0 Å². The molecule has 0 aromatic heterocycles. The second kappa shape index (κ2) is 8.30. The molecule has 2 heterocycles. The molecule has 2 aliphatic heterocycles. The summed E-state index contributed by atoms with van der Waals surface area (Å²) in [5, 5.41) is 0. The molecule has 2 aliphatic rings. The van der Waals surface area contributed by atoms with E-state index < -0.39 is 0 Å². The van der Waals surface area contributed by atoms with E-state index in [1.165, 1.54) is 0 Å². The van der Waals surface area contributed by atoms with Crippen LogP contribution in [0.5, 0.6) is 0 Å². The normalized spacial score (nSPS) is 22.0. The summed E-state index contributed by atoms with van der Waals surface area (Å²) >= 11 is 0. The Morgan fingerprint density at radius 3 is 2.12 bits per heavy atom. The Morgan fingerprint density at radius 1 is 1.08 bits per heavy atom. The quantitative estimate of drug-likeness (QED) is 0.755. The first-order chi connectivity index (χ1) is 11.4. The van der Waals surface area contributed by atoms with Crippen molar-refractivity contribution in [2.45, 2.75) is 44.6 Å². The molecule has 6 nitrogen and oxygen atoms in total. The maximum Gasteiger partial charge on any atom is 0.225 e. The van der Waals surface area contributed by atoms with E-state index in [0.717, 1.165) is 64.9 Å². The molecule has 0 aromatic rings. The van der Waals surface area contributed by atoms with Gasteiger partial charge in [0.05, 0.1) is 0 Å². The number of carbonyl (C=O) groups is 2. The lowest BCUT2D eigenvalue weighted by atomic mass is 9.82. The Kier molecular flexibility index (Phi) is 6.63. The van der Waals surface area contributed by atoms with Crippen LogP contribution in [0.4, 0.5) is 0 Å². The molecule has 0 saturated carbocycles. The highest BCUT2D eigenvalue weighted by Crippen LogP contribution is 2.32. The summed E-state index contributed by atoms with van der Waals surface area (Å²) in [6.45, 7) is 5.45. The third kappa shape index (κ3) is 4.28. The van der Waals surface area contributed by atoms with Crippen molar-refractivity contribution in [2.75, 3.05) is 54.0 Å². The van der Waals surface area contributed by atoms with Crippen LogP contribution in [-0.4, -0.2) is 86.0 Å². The Hall–Kier alpha value is -1.14. The lowest BCUT2D eigenvalue weighted by Gasteiger charge is -2.47. The van der Waals surface area contributed by atoms with Crippen LogP contribution in [-0.2, 0) is 14.3 Å². The lowest BCUT2D eigenvalue weighted by molar-refractivity contribution is -0.142. The van der Waals surface area contributed by atoms with Gasteiger partial charge in [-0.05, 0) is 46.2 Å². The number of piperidine rings is 2. The van der Waals surface area contributed by atoms with Gasteiger partial charge in [0, 0.05) is 58.3 Å². The van der Waals surface area contributed by atoms with Crippen LogP contribution in [0.25, 0.3) is 0 Å². The van der Waals surface area contributed by atoms with Gasteiger partial charge in [-0.3, -0.25) is 9.59 Å². The molecular weight excluding hydrogens is 306 g/mol. The monoisotopic (exact) mass is 339 g/mol. The van der Waals surface area contributed by atoms with Gasteiger partial charge in [-0.15, -0.1) is 0 Å². The summed E-state index contributed by atoms with van der Waals surface area (Å²) < 4.78 is 5.28. The molecule has 0 radical (unpaired) electrons. The molecule has 138 valence electrons. The minimum atomic E-state index is 0.0893. The summed E-state index contributed by atoms with van der Waals surface area (Å²) in [5.41, 5.74) is 0.144. The molecule has 0 aliphatic carbocycles. The molecule has 0 spiro atoms. The first-order valence-corrected chi connectivity index (χ1v) is 9.10. The number of amides is 2. The summed E-state index contributed by atoms with van der Waals surface area (Å²) in [7, 11) is 6.00. The Balaban J connectivity index is 1.87. The number of rotatable bonds is 5. The van der Waals surface area contributed by atoms with E-state index in [4.69, 9.17) is 4.74 Å². The second-order valence-corrected chi connectivity index (χ2v) is 7.47. The topological polar surface area (TPSA) is 53.1 Å². The van der Waals surface area contributed by atoms with Crippen LogP contribution in [0, 0.1) is 5.92 Å². The number of ether oxygens (including phenoxy) is 1. The highest BCUT2D eigenvalue weighted by molar-refractivity contribution is 5.80. The summed E-state index contributed by atoms with van der Waals surface area (Å²) in [6.07, 6.45) is 4.62. The fourth-order valence-corrected chi connectivity index (χ4v) is 4.06. The third-order valence-electron chi connectivity index (χ3n) is 6.02. The van der Waals surface area contributed by atoms with Gasteiger partial charge in [0.25, 0.3) is 0 Å². The van der Waals surface area contributed by atoms with E-state index in [2.05, 4.69) is 19.0 Å². The van der Waals surface area contributed by atoms with E-state index in [1.807, 2.05) is 9.80 Å². The van der Waals surface area contributed by atoms with Crippen molar-refractivity contribution >= 4 is 11.8 Å². The molecule has 24 heavy (non-hydrogen) atoms. The van der Waals surface area contributed by atoms with E-state index in [9.17, 15) is 9.59 Å². The molecule has 0 aromatic carbocycles. The minimum Gasteiger partial charge on any atom is -0.385 e. The van der Waals surface area contributed by atoms with E-state index in [0.29, 0.717) is 0 Å². The number of methoxy groups -OCH3 is 1. The minimum absolute atomic E-state index is 0.0893. The summed E-state index contributed by atoms with van der Waals surface area (Å²) in [5.74, 6) is 0.497. The SMILES string of the molecule is COCCC1(N(C)C)CCN(C(=O)C2CCN(C(C)=O)CC2)CC1. The van der Waals surface area contributed by atoms with Crippen molar-refractivity contribution in [2.24, 2.45) is 5.92 Å². The van der Waals surface area contributed by atoms with Crippen molar-refractivity contribution in [1.82, 2.24) is 14.7 Å². The van der Waals surface area contributed by atoms with Crippen LogP contribution < -0.4 is 0 Å². The standard InChI is InChI=1S/C18H33N3O3/c1-15(22)20-10-5-16(6-11-20)17(23)21-12-7-18(8-13-21,19(2)3)9-14-24-4/h16H,5-14H2,1-4H3. The van der Waals surface area contributed by atoms with Crippen molar-refractivity contribution in [1.29, 1.82) is 0 Å². The largest absolute Gasteiger partial charge is 0.385 e. The van der Waals surface area contributed by atoms with Gasteiger partial charge in [-0.1, -0.05) is 0 Å². The van der Waals surface area contributed by atoms with Crippen LogP contribution >= 0.6 is 0 Å². The van der Waals surface area contributed by atoms with Gasteiger partial charge in [-0.2, -0.15) is 0 Å². The molecule has 2 fully saturated rings. The first kappa shape index (κ1) is 19.2. The molecule has 0 atom stereocenters. The molecule has 0 bridgehead atoms. The van der Waals surface area contributed by atoms with Gasteiger partial charge < -0.3 is 19.4 Å². The van der Waals surface area contributed by atoms with Crippen molar-refractivity contribution in [3.05, 3.63) is 0 Å². The third-order valence-corrected chi connectivity index (χ3v) is 6.02. The zero-order chi connectivity index (χ0) is 17.7. The van der Waals surface area contributed by atoms with Crippen LogP contribution in [0.3, 0.4) is 0 Å². The lowest BCUT2D eigenvalue weighted by Crippen LogP contribution is -2.55. The van der Waals surface area contributed by atoms with Gasteiger partial charge >= 0.3 is 0 Å². The molecular formula is C18H33N3O3. The van der Waals surface area contributed by atoms with E-state index in [1.54, 1.807) is 14.0 Å². The Labute approximate surface area is 146 Å². The second-order valence-electron chi connectivity index (χ2n) is 7.47. The predicted molar refractivity (Wildman–Crippen MR) is 93.7 cm³/mol. The zero-order valence-electron chi connectivity index (χ0n) is 15.7. The molecule has 2 rings (SSSR count). The van der Waals surface area contributed by atoms with Gasteiger partial charge in [-0.25, -0.2) is 0 Å². The van der Waals surface area contributed by atoms with Crippen LogP contribution in [0.2, 0.25) is 0 Å². The van der Waals surface area contributed by atoms with Crippen LogP contribution in [0.15, 0.2) is 0 Å². The Bertz CT molecular complexity index is 437. The molecule has 2 amide bonds. The molecule has 0 N–H and O–H groups in total. The fraction of sp³-hybridized carbons (Fsp3) is 0.889. The molecule has 0 unspecified atom stereocenters. The number of carbonyl (C=O) groups excluding carboxylic acids is 2. The number of hydrogen-bond donors (Lipinski definition) is 0.